The van der Waals surface area contributed by atoms with Crippen molar-refractivity contribution >= 4 is 9.81 Å². The van der Waals surface area contributed by atoms with Crippen molar-refractivity contribution in [2.45, 2.75) is 33.7 Å². The number of nitrogens with zero attached hydrogens (tertiary/aromatic N) is 1. The second kappa shape index (κ2) is 5.03. The third-order valence-electron chi connectivity index (χ3n) is 2.39. The molecule has 0 aromatic rings. The van der Waals surface area contributed by atoms with Crippen molar-refractivity contribution in [3.63, 3.8) is 0 Å². The van der Waals surface area contributed by atoms with Crippen molar-refractivity contribution in [3.05, 3.63) is 23.3 Å². The second-order valence-corrected chi connectivity index (χ2v) is 6.25. The van der Waals surface area contributed by atoms with E-state index in [-0.39, 0.29) is 11.9 Å². The molecule has 0 aliphatic carbocycles. The van der Waals surface area contributed by atoms with Crippen LogP contribution in [0.15, 0.2) is 17.2 Å². The normalized spacial score (nSPS) is 22.2. The quantitative estimate of drug-likeness (QED) is 0.532. The monoisotopic (exact) mass is 374 g/mol. The topological polar surface area (TPSA) is 20.3 Å². The van der Waals surface area contributed by atoms with Gasteiger partial charge in [0, 0.05) is 0 Å². The molecule has 0 saturated carbocycles. The molecule has 0 aromatic carbocycles. The molecule has 82 valence electrons. The molecule has 0 atom stereocenters. The molecule has 0 unspecified atom stereocenters. The zero-order chi connectivity index (χ0) is 11.6. The first-order valence-corrected chi connectivity index (χ1v) is 6.51. The van der Waals surface area contributed by atoms with Gasteiger partial charge in [-0.05, 0) is 0 Å². The molecule has 3 heteroatoms. The van der Waals surface area contributed by atoms with Crippen LogP contribution in [0.4, 0.5) is 0 Å². The fraction of sp³-hybridized carbons (Fsp3) is 0.500. The minimum absolute atomic E-state index is 0.120. The molecule has 0 aromatic heterocycles. The van der Waals surface area contributed by atoms with Gasteiger partial charge >= 0.3 is 102 Å². The van der Waals surface area contributed by atoms with E-state index in [1.807, 2.05) is 25.7 Å². The van der Waals surface area contributed by atoms with Crippen molar-refractivity contribution in [3.8, 4) is 0 Å². The molecule has 1 amide bonds. The molecular weight excluding hydrogens is 358 g/mol. The Morgan fingerprint density at radius 2 is 2.20 bits per heavy atom. The molecule has 0 N–H and O–H groups in total. The first kappa shape index (κ1) is 12.6. The van der Waals surface area contributed by atoms with Gasteiger partial charge in [0.15, 0.2) is 0 Å². The fourth-order valence-corrected chi connectivity index (χ4v) is 2.17. The Kier molecular flexibility index (Phi) is 4.21. The van der Waals surface area contributed by atoms with Gasteiger partial charge < -0.3 is 0 Å². The van der Waals surface area contributed by atoms with Gasteiger partial charge in [0.2, 0.25) is 0 Å². The van der Waals surface area contributed by atoms with Crippen LogP contribution >= 0.6 is 0 Å². The van der Waals surface area contributed by atoms with Gasteiger partial charge in [-0.3, -0.25) is 0 Å². The van der Waals surface area contributed by atoms with Crippen LogP contribution in [0.5, 0.6) is 0 Å². The van der Waals surface area contributed by atoms with E-state index in [0.29, 0.717) is 0 Å². The summed E-state index contributed by atoms with van der Waals surface area (Å²) in [6, 6.07) is 0.260. The van der Waals surface area contributed by atoms with E-state index >= 15 is 0 Å². The number of hydrogen-bond donors (Lipinski definition) is 0. The van der Waals surface area contributed by atoms with Gasteiger partial charge in [-0.1, -0.05) is 0 Å². The maximum absolute atomic E-state index is 12.0. The summed E-state index contributed by atoms with van der Waals surface area (Å²) >= 11 is 1.45. The average molecular weight is 374 g/mol. The Bertz CT molecular complexity index is 353. The summed E-state index contributed by atoms with van der Waals surface area (Å²) in [5.74, 6) is 0.120. The first-order valence-electron chi connectivity index (χ1n) is 5.04. The van der Waals surface area contributed by atoms with Gasteiger partial charge in [0.25, 0.3) is 0 Å². The Morgan fingerprint density at radius 1 is 1.60 bits per heavy atom. The third kappa shape index (κ3) is 2.75. The van der Waals surface area contributed by atoms with Gasteiger partial charge in [-0.2, -0.15) is 0 Å². The molecule has 1 fully saturated rings. The summed E-state index contributed by atoms with van der Waals surface area (Å²) in [5, 5.41) is 0. The van der Waals surface area contributed by atoms with Crippen LogP contribution < -0.4 is 0 Å². The maximum atomic E-state index is 12.0. The zero-order valence-electron chi connectivity index (χ0n) is 9.63. The summed E-state index contributed by atoms with van der Waals surface area (Å²) in [6.45, 7) is 8.71. The van der Waals surface area contributed by atoms with Gasteiger partial charge in [0.1, 0.15) is 0 Å². The van der Waals surface area contributed by atoms with Crippen LogP contribution in [0.2, 0.25) is 0 Å². The predicted octanol–water partition coefficient (Wildman–Crippen LogP) is 1.65. The number of carbonyl (C=O) groups excluding carboxylic acids is 1. The van der Waals surface area contributed by atoms with E-state index in [4.69, 9.17) is 0 Å². The number of amides is 1. The van der Waals surface area contributed by atoms with Gasteiger partial charge in [-0.25, -0.2) is 0 Å². The van der Waals surface area contributed by atoms with Crippen molar-refractivity contribution in [2.75, 3.05) is 6.54 Å². The van der Waals surface area contributed by atoms with Crippen LogP contribution in [0.1, 0.15) is 27.7 Å². The minimum atomic E-state index is 0.120. The summed E-state index contributed by atoms with van der Waals surface area (Å²) in [7, 11) is 0. The molecule has 1 aliphatic rings. The van der Waals surface area contributed by atoms with Crippen LogP contribution in [0.3, 0.4) is 0 Å². The molecule has 1 saturated heterocycles. The molecule has 15 heavy (non-hydrogen) atoms. The third-order valence-corrected chi connectivity index (χ3v) is 2.81. The van der Waals surface area contributed by atoms with E-state index in [9.17, 15) is 4.79 Å². The SMILES string of the molecule is C[C-]=C1C(=O)N(C(C)C)CC1=C[C](C)=[W]. The van der Waals surface area contributed by atoms with E-state index in [1.54, 1.807) is 0 Å². The van der Waals surface area contributed by atoms with E-state index in [0.717, 1.165) is 17.7 Å². The summed E-state index contributed by atoms with van der Waals surface area (Å²) in [4.78, 5) is 13.8. The Balaban J connectivity index is 3.05. The van der Waals surface area contributed by atoms with E-state index < -0.39 is 0 Å². The van der Waals surface area contributed by atoms with Gasteiger partial charge in [0.05, 0.1) is 0 Å². The molecule has 1 rings (SSSR count). The second-order valence-electron chi connectivity index (χ2n) is 3.93. The van der Waals surface area contributed by atoms with E-state index in [1.165, 1.54) is 23.3 Å². The molecule has 1 aliphatic heterocycles. The number of hydrogen-bond acceptors (Lipinski definition) is 1. The fourth-order valence-electron chi connectivity index (χ4n) is 1.66. The van der Waals surface area contributed by atoms with Crippen molar-refractivity contribution < 1.29 is 24.1 Å². The van der Waals surface area contributed by atoms with E-state index in [2.05, 4.69) is 19.1 Å². The molecule has 0 radical (unpaired) electrons. The Morgan fingerprint density at radius 3 is 2.60 bits per heavy atom. The molecular formula is C12H16NOW-. The molecule has 0 spiro atoms. The Hall–Kier alpha value is -0.492. The number of rotatable bonds is 2. The van der Waals surface area contributed by atoms with Gasteiger partial charge in [-0.15, -0.1) is 0 Å². The van der Waals surface area contributed by atoms with Crippen LogP contribution in [-0.4, -0.2) is 27.3 Å². The standard InChI is InChI=1S/C12H16NO.W/c1-5-7-10-8-13(9(3)4)12(14)11(10)6-2;/h7,9H,8H2,1-4H3;/q-1;. The van der Waals surface area contributed by atoms with Crippen LogP contribution in [0, 0.1) is 6.08 Å². The molecule has 0 bridgehead atoms. The average Bonchev–Trinajstić information content (AvgIpc) is 2.41. The summed E-state index contributed by atoms with van der Waals surface area (Å²) < 4.78 is 1.30. The molecule has 1 heterocycles. The predicted molar refractivity (Wildman–Crippen MR) is 58.0 cm³/mol. The van der Waals surface area contributed by atoms with Crippen LogP contribution in [-0.2, 0) is 24.1 Å². The molecule has 2 nitrogen and oxygen atoms in total. The summed E-state index contributed by atoms with van der Waals surface area (Å²) in [6.07, 6.45) is 5.12. The number of allylic oxidation sites excluding steroid dienone is 2. The van der Waals surface area contributed by atoms with Crippen molar-refractivity contribution in [2.24, 2.45) is 0 Å². The van der Waals surface area contributed by atoms with Crippen LogP contribution in [0.25, 0.3) is 0 Å². The first-order chi connectivity index (χ1) is 6.97. The number of likely N-dealkylation sites (tertiary alicyclic amines) is 1. The van der Waals surface area contributed by atoms with Crippen molar-refractivity contribution in [1.29, 1.82) is 0 Å². The zero-order valence-corrected chi connectivity index (χ0v) is 12.6. The number of carbonyl (C=O) groups is 1. The Labute approximate surface area is 102 Å². The van der Waals surface area contributed by atoms with Crippen molar-refractivity contribution in [1.82, 2.24) is 4.90 Å². The summed E-state index contributed by atoms with van der Waals surface area (Å²) in [5.41, 5.74) is 1.87.